The minimum absolute atomic E-state index is 0.0381. The van der Waals surface area contributed by atoms with Crippen LogP contribution >= 0.6 is 0 Å². The predicted octanol–water partition coefficient (Wildman–Crippen LogP) is -0.0680. The Kier molecular flexibility index (Phi) is 3.84. The molecule has 2 aliphatic rings. The summed E-state index contributed by atoms with van der Waals surface area (Å²) in [6, 6.07) is 0. The number of aliphatic carboxylic acids is 1. The van der Waals surface area contributed by atoms with Crippen LogP contribution in [-0.4, -0.2) is 58.9 Å². The second-order valence-corrected chi connectivity index (χ2v) is 4.96. The maximum atomic E-state index is 11.9. The monoisotopic (exact) mass is 254 g/mol. The Morgan fingerprint density at radius 3 is 2.61 bits per heavy atom. The van der Waals surface area contributed by atoms with Gasteiger partial charge < -0.3 is 14.9 Å². The van der Waals surface area contributed by atoms with Crippen molar-refractivity contribution in [3.63, 3.8) is 0 Å². The van der Waals surface area contributed by atoms with Gasteiger partial charge in [0.15, 0.2) is 0 Å². The number of carbonyl (C=O) groups excluding carboxylic acids is 2. The van der Waals surface area contributed by atoms with Gasteiger partial charge in [0.2, 0.25) is 11.8 Å². The molecule has 1 N–H and O–H groups in total. The highest BCUT2D eigenvalue weighted by molar-refractivity contribution is 5.86. The fourth-order valence-electron chi connectivity index (χ4n) is 2.31. The van der Waals surface area contributed by atoms with Gasteiger partial charge in [-0.15, -0.1) is 0 Å². The summed E-state index contributed by atoms with van der Waals surface area (Å²) in [5, 5.41) is 8.73. The summed E-state index contributed by atoms with van der Waals surface area (Å²) in [6.45, 7) is 1.29. The largest absolute Gasteiger partial charge is 0.481 e. The SMILES string of the molecule is O=C(O)C1CN(C(=O)CN2CCCCCC2=O)C1. The van der Waals surface area contributed by atoms with Gasteiger partial charge in [-0.2, -0.15) is 0 Å². The highest BCUT2D eigenvalue weighted by Crippen LogP contribution is 2.17. The van der Waals surface area contributed by atoms with Crippen LogP contribution in [0.5, 0.6) is 0 Å². The Labute approximate surface area is 106 Å². The number of carboxylic acids is 1. The second kappa shape index (κ2) is 5.37. The number of carboxylic acid groups (broad SMARTS) is 1. The van der Waals surface area contributed by atoms with Gasteiger partial charge in [-0.1, -0.05) is 6.42 Å². The molecule has 18 heavy (non-hydrogen) atoms. The Balaban J connectivity index is 1.80. The molecule has 0 radical (unpaired) electrons. The molecule has 0 aromatic heterocycles. The Bertz CT molecular complexity index is 363. The Morgan fingerprint density at radius 1 is 1.22 bits per heavy atom. The van der Waals surface area contributed by atoms with E-state index in [2.05, 4.69) is 0 Å². The van der Waals surface area contributed by atoms with Crippen LogP contribution in [0.2, 0.25) is 0 Å². The van der Waals surface area contributed by atoms with Crippen molar-refractivity contribution in [3.8, 4) is 0 Å². The van der Waals surface area contributed by atoms with Crippen molar-refractivity contribution in [1.29, 1.82) is 0 Å². The Hall–Kier alpha value is -1.59. The van der Waals surface area contributed by atoms with Crippen molar-refractivity contribution in [2.75, 3.05) is 26.2 Å². The summed E-state index contributed by atoms with van der Waals surface area (Å²) in [5.41, 5.74) is 0. The number of hydrogen-bond acceptors (Lipinski definition) is 3. The van der Waals surface area contributed by atoms with Crippen molar-refractivity contribution in [3.05, 3.63) is 0 Å². The molecule has 0 aromatic carbocycles. The summed E-state index contributed by atoms with van der Waals surface area (Å²) in [4.78, 5) is 37.3. The van der Waals surface area contributed by atoms with E-state index >= 15 is 0 Å². The number of rotatable bonds is 3. The second-order valence-electron chi connectivity index (χ2n) is 4.96. The lowest BCUT2D eigenvalue weighted by atomic mass is 10.0. The first-order valence-corrected chi connectivity index (χ1v) is 6.36. The first kappa shape index (κ1) is 12.9. The third-order valence-corrected chi connectivity index (χ3v) is 3.58. The van der Waals surface area contributed by atoms with Crippen molar-refractivity contribution < 1.29 is 19.5 Å². The maximum absolute atomic E-state index is 11.9. The standard InChI is InChI=1S/C12H18N2O4/c15-10-4-2-1-3-5-13(10)8-11(16)14-6-9(7-14)12(17)18/h9H,1-8H2,(H,17,18). The molecule has 2 heterocycles. The van der Waals surface area contributed by atoms with Gasteiger partial charge in [0.25, 0.3) is 0 Å². The summed E-state index contributed by atoms with van der Waals surface area (Å²) >= 11 is 0. The van der Waals surface area contributed by atoms with Crippen LogP contribution in [0.3, 0.4) is 0 Å². The third-order valence-electron chi connectivity index (χ3n) is 3.58. The molecular weight excluding hydrogens is 236 g/mol. The number of likely N-dealkylation sites (tertiary alicyclic amines) is 2. The molecular formula is C12H18N2O4. The molecule has 6 heteroatoms. The molecule has 100 valence electrons. The van der Waals surface area contributed by atoms with Crippen LogP contribution < -0.4 is 0 Å². The molecule has 2 aliphatic heterocycles. The van der Waals surface area contributed by atoms with Crippen molar-refractivity contribution >= 4 is 17.8 Å². The molecule has 2 saturated heterocycles. The minimum atomic E-state index is -0.857. The van der Waals surface area contributed by atoms with E-state index in [4.69, 9.17) is 5.11 Å². The van der Waals surface area contributed by atoms with Gasteiger partial charge in [0.1, 0.15) is 0 Å². The van der Waals surface area contributed by atoms with E-state index in [1.807, 2.05) is 0 Å². The number of carbonyl (C=O) groups is 3. The molecule has 0 aliphatic carbocycles. The van der Waals surface area contributed by atoms with Crippen LogP contribution in [0.15, 0.2) is 0 Å². The smallest absolute Gasteiger partial charge is 0.310 e. The minimum Gasteiger partial charge on any atom is -0.481 e. The lowest BCUT2D eigenvalue weighted by molar-refractivity contribution is -0.154. The van der Waals surface area contributed by atoms with Crippen LogP contribution in [-0.2, 0) is 14.4 Å². The molecule has 0 bridgehead atoms. The van der Waals surface area contributed by atoms with Crippen LogP contribution in [0.1, 0.15) is 25.7 Å². The zero-order valence-corrected chi connectivity index (χ0v) is 10.3. The van der Waals surface area contributed by atoms with Crippen molar-refractivity contribution in [1.82, 2.24) is 9.80 Å². The van der Waals surface area contributed by atoms with Crippen molar-refractivity contribution in [2.45, 2.75) is 25.7 Å². The molecule has 2 amide bonds. The van der Waals surface area contributed by atoms with Crippen molar-refractivity contribution in [2.24, 2.45) is 5.92 Å². The molecule has 2 fully saturated rings. The zero-order chi connectivity index (χ0) is 13.1. The third kappa shape index (κ3) is 2.80. The van der Waals surface area contributed by atoms with E-state index < -0.39 is 11.9 Å². The summed E-state index contributed by atoms with van der Waals surface area (Å²) in [6.07, 6.45) is 3.39. The highest BCUT2D eigenvalue weighted by atomic mass is 16.4. The van der Waals surface area contributed by atoms with E-state index in [9.17, 15) is 14.4 Å². The lowest BCUT2D eigenvalue weighted by Crippen LogP contribution is -2.55. The number of hydrogen-bond donors (Lipinski definition) is 1. The predicted molar refractivity (Wildman–Crippen MR) is 62.8 cm³/mol. The van der Waals surface area contributed by atoms with Gasteiger partial charge in [0, 0.05) is 26.1 Å². The fourth-order valence-corrected chi connectivity index (χ4v) is 2.31. The quantitative estimate of drug-likeness (QED) is 0.765. The normalized spacial score (nSPS) is 21.4. The topological polar surface area (TPSA) is 77.9 Å². The molecule has 0 saturated carbocycles. The van der Waals surface area contributed by atoms with E-state index in [0.29, 0.717) is 13.0 Å². The van der Waals surface area contributed by atoms with E-state index in [1.54, 1.807) is 4.90 Å². The van der Waals surface area contributed by atoms with Gasteiger partial charge in [-0.3, -0.25) is 14.4 Å². The maximum Gasteiger partial charge on any atom is 0.310 e. The van der Waals surface area contributed by atoms with Crippen LogP contribution in [0.25, 0.3) is 0 Å². The van der Waals surface area contributed by atoms with Gasteiger partial charge in [-0.25, -0.2) is 0 Å². The fraction of sp³-hybridized carbons (Fsp3) is 0.750. The number of amides is 2. The first-order valence-electron chi connectivity index (χ1n) is 6.36. The zero-order valence-electron chi connectivity index (χ0n) is 10.3. The van der Waals surface area contributed by atoms with Gasteiger partial charge >= 0.3 is 5.97 Å². The number of nitrogens with zero attached hydrogens (tertiary/aromatic N) is 2. The molecule has 2 rings (SSSR count). The Morgan fingerprint density at radius 2 is 1.94 bits per heavy atom. The average Bonchev–Trinajstić information content (AvgIpc) is 2.41. The lowest BCUT2D eigenvalue weighted by Gasteiger charge is -2.37. The summed E-state index contributed by atoms with van der Waals surface area (Å²) in [5.74, 6) is -1.39. The molecule has 0 atom stereocenters. The van der Waals surface area contributed by atoms with E-state index in [1.165, 1.54) is 4.90 Å². The van der Waals surface area contributed by atoms with E-state index in [-0.39, 0.29) is 31.4 Å². The average molecular weight is 254 g/mol. The van der Waals surface area contributed by atoms with E-state index in [0.717, 1.165) is 19.3 Å². The van der Waals surface area contributed by atoms with Gasteiger partial charge in [-0.05, 0) is 12.8 Å². The summed E-state index contributed by atoms with van der Waals surface area (Å²) in [7, 11) is 0. The summed E-state index contributed by atoms with van der Waals surface area (Å²) < 4.78 is 0. The molecule has 0 spiro atoms. The van der Waals surface area contributed by atoms with Gasteiger partial charge in [0.05, 0.1) is 12.5 Å². The molecule has 0 unspecified atom stereocenters. The highest BCUT2D eigenvalue weighted by Gasteiger charge is 2.36. The molecule has 6 nitrogen and oxygen atoms in total. The van der Waals surface area contributed by atoms with Crippen LogP contribution in [0, 0.1) is 5.92 Å². The first-order chi connectivity index (χ1) is 8.58. The molecule has 0 aromatic rings. The van der Waals surface area contributed by atoms with Crippen LogP contribution in [0.4, 0.5) is 0 Å².